The van der Waals surface area contributed by atoms with Crippen LogP contribution < -0.4 is 9.62 Å². The minimum Gasteiger partial charge on any atom is -0.322 e. The first-order valence-electron chi connectivity index (χ1n) is 8.56. The summed E-state index contributed by atoms with van der Waals surface area (Å²) in [6, 6.07) is 12.2. The molecule has 1 fully saturated rings. The van der Waals surface area contributed by atoms with Crippen LogP contribution in [0.5, 0.6) is 0 Å². The zero-order valence-electron chi connectivity index (χ0n) is 15.5. The molecule has 150 valence electrons. The number of nitrogens with zero attached hydrogens (tertiary/aromatic N) is 2. The number of benzene rings is 2. The van der Waals surface area contributed by atoms with Gasteiger partial charge in [0.25, 0.3) is 5.91 Å². The fourth-order valence-electron chi connectivity index (χ4n) is 2.83. The third-order valence-electron chi connectivity index (χ3n) is 4.41. The largest absolute Gasteiger partial charge is 0.322 e. The lowest BCUT2D eigenvalue weighted by molar-refractivity contribution is 0.102. The van der Waals surface area contributed by atoms with Gasteiger partial charge in [-0.2, -0.15) is 0 Å². The average Bonchev–Trinajstić information content (AvgIpc) is 3.01. The van der Waals surface area contributed by atoms with Gasteiger partial charge in [-0.15, -0.1) is 0 Å². The maximum atomic E-state index is 12.4. The van der Waals surface area contributed by atoms with Crippen molar-refractivity contribution >= 4 is 37.3 Å². The Bertz CT molecular complexity index is 1080. The molecule has 0 atom stereocenters. The van der Waals surface area contributed by atoms with Crippen molar-refractivity contribution in [3.8, 4) is 0 Å². The van der Waals surface area contributed by atoms with Gasteiger partial charge >= 0.3 is 0 Å². The van der Waals surface area contributed by atoms with Crippen LogP contribution in [-0.2, 0) is 20.0 Å². The highest BCUT2D eigenvalue weighted by Crippen LogP contribution is 2.24. The Balaban J connectivity index is 1.71. The summed E-state index contributed by atoms with van der Waals surface area (Å²) < 4.78 is 50.5. The minimum atomic E-state index is -3.53. The van der Waals surface area contributed by atoms with Crippen LogP contribution in [0.4, 0.5) is 11.4 Å². The first kappa shape index (κ1) is 20.3. The zero-order chi connectivity index (χ0) is 20.5. The molecule has 10 heteroatoms. The van der Waals surface area contributed by atoms with E-state index in [0.717, 1.165) is 4.31 Å². The standard InChI is InChI=1S/C18H21N3O5S2/c1-20(2)28(25,26)17-10-6-15(7-11-17)19-18(22)14-4-8-16(9-5-14)21-12-3-13-27(21,23)24/h4-11H,3,12-13H2,1-2H3,(H,19,22). The van der Waals surface area contributed by atoms with Crippen LogP contribution in [0.2, 0.25) is 0 Å². The highest BCUT2D eigenvalue weighted by molar-refractivity contribution is 7.93. The van der Waals surface area contributed by atoms with Crippen molar-refractivity contribution in [2.45, 2.75) is 11.3 Å². The Kier molecular flexibility index (Phi) is 5.46. The van der Waals surface area contributed by atoms with Crippen molar-refractivity contribution in [2.24, 2.45) is 0 Å². The van der Waals surface area contributed by atoms with Gasteiger partial charge in [0.15, 0.2) is 0 Å². The lowest BCUT2D eigenvalue weighted by Gasteiger charge is -2.17. The molecule has 0 saturated carbocycles. The van der Waals surface area contributed by atoms with Gasteiger partial charge in [0, 0.05) is 31.9 Å². The topological polar surface area (TPSA) is 104 Å². The summed E-state index contributed by atoms with van der Waals surface area (Å²) in [6.07, 6.45) is 0.587. The number of hydrogen-bond acceptors (Lipinski definition) is 5. The van der Waals surface area contributed by atoms with E-state index in [1.165, 1.54) is 42.7 Å². The van der Waals surface area contributed by atoms with E-state index in [1.54, 1.807) is 24.3 Å². The predicted molar refractivity (Wildman–Crippen MR) is 107 cm³/mol. The van der Waals surface area contributed by atoms with Crippen LogP contribution in [0.25, 0.3) is 0 Å². The van der Waals surface area contributed by atoms with Crippen molar-refractivity contribution in [1.82, 2.24) is 4.31 Å². The van der Waals surface area contributed by atoms with E-state index in [-0.39, 0.29) is 16.6 Å². The number of carbonyl (C=O) groups excluding carboxylic acids is 1. The second kappa shape index (κ2) is 7.53. The molecule has 0 aliphatic carbocycles. The fourth-order valence-corrected chi connectivity index (χ4v) is 5.30. The Morgan fingerprint density at radius 3 is 2.14 bits per heavy atom. The molecule has 1 amide bonds. The Morgan fingerprint density at radius 2 is 1.64 bits per heavy atom. The lowest BCUT2D eigenvalue weighted by Crippen LogP contribution is -2.25. The number of anilines is 2. The van der Waals surface area contributed by atoms with Gasteiger partial charge in [-0.05, 0) is 55.0 Å². The first-order valence-corrected chi connectivity index (χ1v) is 11.6. The number of hydrogen-bond donors (Lipinski definition) is 1. The Hall–Kier alpha value is -2.43. The van der Waals surface area contributed by atoms with E-state index in [9.17, 15) is 21.6 Å². The molecule has 0 radical (unpaired) electrons. The van der Waals surface area contributed by atoms with Gasteiger partial charge in [-0.1, -0.05) is 0 Å². The molecule has 0 unspecified atom stereocenters. The average molecular weight is 424 g/mol. The highest BCUT2D eigenvalue weighted by Gasteiger charge is 2.28. The van der Waals surface area contributed by atoms with Gasteiger partial charge in [0.2, 0.25) is 20.0 Å². The third kappa shape index (κ3) is 4.03. The molecule has 2 aromatic rings. The molecule has 2 aromatic carbocycles. The summed E-state index contributed by atoms with van der Waals surface area (Å²) in [5.41, 5.74) is 1.35. The van der Waals surface area contributed by atoms with Gasteiger partial charge in [-0.25, -0.2) is 21.1 Å². The van der Waals surface area contributed by atoms with Gasteiger partial charge in [0.05, 0.1) is 16.3 Å². The van der Waals surface area contributed by atoms with Crippen LogP contribution >= 0.6 is 0 Å². The van der Waals surface area contributed by atoms with Crippen molar-refractivity contribution in [3.05, 3.63) is 54.1 Å². The SMILES string of the molecule is CN(C)S(=O)(=O)c1ccc(NC(=O)c2ccc(N3CCCS3(=O)=O)cc2)cc1. The summed E-state index contributed by atoms with van der Waals surface area (Å²) in [5, 5.41) is 2.69. The van der Waals surface area contributed by atoms with E-state index in [0.29, 0.717) is 29.9 Å². The van der Waals surface area contributed by atoms with Crippen LogP contribution in [-0.4, -0.2) is 53.4 Å². The van der Waals surface area contributed by atoms with Crippen molar-refractivity contribution < 1.29 is 21.6 Å². The number of nitrogens with one attached hydrogen (secondary N) is 1. The molecular formula is C18H21N3O5S2. The van der Waals surface area contributed by atoms with E-state index < -0.39 is 20.0 Å². The molecule has 1 heterocycles. The molecule has 1 aliphatic heterocycles. The van der Waals surface area contributed by atoms with E-state index >= 15 is 0 Å². The molecule has 0 aromatic heterocycles. The summed E-state index contributed by atoms with van der Waals surface area (Å²) in [4.78, 5) is 12.5. The van der Waals surface area contributed by atoms with E-state index in [4.69, 9.17) is 0 Å². The van der Waals surface area contributed by atoms with Crippen LogP contribution in [0.15, 0.2) is 53.4 Å². The van der Waals surface area contributed by atoms with Gasteiger partial charge < -0.3 is 5.32 Å². The molecular weight excluding hydrogens is 402 g/mol. The number of sulfonamides is 2. The minimum absolute atomic E-state index is 0.131. The first-order chi connectivity index (χ1) is 13.1. The molecule has 0 spiro atoms. The van der Waals surface area contributed by atoms with Crippen LogP contribution in [0.1, 0.15) is 16.8 Å². The Labute approximate surface area is 164 Å². The molecule has 8 nitrogen and oxygen atoms in total. The quantitative estimate of drug-likeness (QED) is 0.789. The fraction of sp³-hybridized carbons (Fsp3) is 0.278. The van der Waals surface area contributed by atoms with Crippen molar-refractivity contribution in [2.75, 3.05) is 36.0 Å². The number of amides is 1. The van der Waals surface area contributed by atoms with Gasteiger partial charge in [0.1, 0.15) is 0 Å². The maximum Gasteiger partial charge on any atom is 0.255 e. The van der Waals surface area contributed by atoms with Crippen molar-refractivity contribution in [3.63, 3.8) is 0 Å². The Morgan fingerprint density at radius 1 is 1.04 bits per heavy atom. The normalized spacial score (nSPS) is 16.3. The zero-order valence-corrected chi connectivity index (χ0v) is 17.1. The number of rotatable bonds is 5. The third-order valence-corrected chi connectivity index (χ3v) is 8.11. The number of carbonyl (C=O) groups is 1. The van der Waals surface area contributed by atoms with Crippen LogP contribution in [0, 0.1) is 0 Å². The summed E-state index contributed by atoms with van der Waals surface area (Å²) >= 11 is 0. The second-order valence-corrected chi connectivity index (χ2v) is 10.7. The molecule has 1 N–H and O–H groups in total. The summed E-state index contributed by atoms with van der Waals surface area (Å²) in [5.74, 6) is -0.242. The second-order valence-electron chi connectivity index (χ2n) is 6.55. The highest BCUT2D eigenvalue weighted by atomic mass is 32.2. The smallest absolute Gasteiger partial charge is 0.255 e. The van der Waals surface area contributed by atoms with Gasteiger partial charge in [-0.3, -0.25) is 9.10 Å². The molecule has 1 saturated heterocycles. The van der Waals surface area contributed by atoms with E-state index in [1.807, 2.05) is 0 Å². The van der Waals surface area contributed by atoms with E-state index in [2.05, 4.69) is 5.32 Å². The van der Waals surface area contributed by atoms with Crippen molar-refractivity contribution in [1.29, 1.82) is 0 Å². The molecule has 28 heavy (non-hydrogen) atoms. The predicted octanol–water partition coefficient (Wildman–Crippen LogP) is 1.73. The summed E-state index contributed by atoms with van der Waals surface area (Å²) in [7, 11) is -3.90. The summed E-state index contributed by atoms with van der Waals surface area (Å²) in [6.45, 7) is 0.441. The molecule has 3 rings (SSSR count). The molecule has 1 aliphatic rings. The maximum absolute atomic E-state index is 12.4. The monoisotopic (exact) mass is 423 g/mol. The van der Waals surface area contributed by atoms with Crippen LogP contribution in [0.3, 0.4) is 0 Å². The molecule has 0 bridgehead atoms. The lowest BCUT2D eigenvalue weighted by atomic mass is 10.2.